The first kappa shape index (κ1) is 21.1. The SMILES string of the molecule is CC1=NN(c2ccc(C)c(C)c2)C(=O)/C1=N\Nc1cccc(C2CCC(C)CC2)c1O. The second kappa shape index (κ2) is 8.53. The Morgan fingerprint density at radius 1 is 1.06 bits per heavy atom. The maximum Gasteiger partial charge on any atom is 0.301 e. The van der Waals surface area contributed by atoms with Crippen molar-refractivity contribution in [2.24, 2.45) is 16.1 Å². The molecule has 1 heterocycles. The third-order valence-corrected chi connectivity index (χ3v) is 6.53. The molecule has 2 N–H and O–H groups in total. The van der Waals surface area contributed by atoms with Crippen LogP contribution in [0.2, 0.25) is 0 Å². The van der Waals surface area contributed by atoms with Crippen molar-refractivity contribution in [3.63, 3.8) is 0 Å². The Kier molecular flexibility index (Phi) is 5.81. The number of hydrazone groups is 2. The summed E-state index contributed by atoms with van der Waals surface area (Å²) in [5.74, 6) is 1.05. The minimum Gasteiger partial charge on any atom is -0.505 e. The lowest BCUT2D eigenvalue weighted by molar-refractivity contribution is -0.112. The maximum atomic E-state index is 12.9. The first-order valence-electron chi connectivity index (χ1n) is 11.0. The molecule has 2 aliphatic rings. The van der Waals surface area contributed by atoms with Crippen molar-refractivity contribution < 1.29 is 9.90 Å². The number of aryl methyl sites for hydroxylation is 2. The quantitative estimate of drug-likeness (QED) is 0.509. The van der Waals surface area contributed by atoms with E-state index in [1.165, 1.54) is 17.9 Å². The number of hydrogen-bond acceptors (Lipinski definition) is 5. The average Bonchev–Trinajstić information content (AvgIpc) is 3.04. The van der Waals surface area contributed by atoms with Crippen molar-refractivity contribution in [3.8, 4) is 5.75 Å². The van der Waals surface area contributed by atoms with Gasteiger partial charge in [-0.1, -0.05) is 38.0 Å². The third-order valence-electron chi connectivity index (χ3n) is 6.53. The fourth-order valence-corrected chi connectivity index (χ4v) is 4.33. The Morgan fingerprint density at radius 2 is 1.81 bits per heavy atom. The zero-order chi connectivity index (χ0) is 22.1. The molecule has 2 aromatic carbocycles. The van der Waals surface area contributed by atoms with E-state index in [0.717, 1.165) is 35.4 Å². The van der Waals surface area contributed by atoms with E-state index in [2.05, 4.69) is 22.6 Å². The van der Waals surface area contributed by atoms with Crippen molar-refractivity contribution >= 4 is 28.7 Å². The van der Waals surface area contributed by atoms with E-state index >= 15 is 0 Å². The molecule has 0 spiro atoms. The van der Waals surface area contributed by atoms with Crippen molar-refractivity contribution in [1.29, 1.82) is 0 Å². The van der Waals surface area contributed by atoms with Crippen LogP contribution in [0.3, 0.4) is 0 Å². The fourth-order valence-electron chi connectivity index (χ4n) is 4.33. The van der Waals surface area contributed by atoms with E-state index < -0.39 is 0 Å². The van der Waals surface area contributed by atoms with Crippen LogP contribution in [0.1, 0.15) is 62.1 Å². The van der Waals surface area contributed by atoms with Gasteiger partial charge in [0.05, 0.1) is 17.1 Å². The number of phenolic OH excluding ortho intramolecular Hbond substituents is 1. The van der Waals surface area contributed by atoms with Gasteiger partial charge in [0.15, 0.2) is 5.71 Å². The summed E-state index contributed by atoms with van der Waals surface area (Å²) < 4.78 is 0. The number of phenols is 1. The van der Waals surface area contributed by atoms with Crippen molar-refractivity contribution in [3.05, 3.63) is 53.1 Å². The number of aromatic hydroxyl groups is 1. The summed E-state index contributed by atoms with van der Waals surface area (Å²) in [6, 6.07) is 11.5. The highest BCUT2D eigenvalue weighted by molar-refractivity contribution is 6.71. The predicted molar refractivity (Wildman–Crippen MR) is 126 cm³/mol. The van der Waals surface area contributed by atoms with Gasteiger partial charge in [0.2, 0.25) is 0 Å². The molecular formula is C25H30N4O2. The standard InChI is InChI=1S/C25H30N4O2/c1-15-8-11-19(12-9-15)21-6-5-7-22(24(21)30)26-27-23-18(4)28-29(25(23)31)20-13-10-16(2)17(3)14-20/h5-7,10,13-15,19,26,30H,8-9,11-12H2,1-4H3/b27-23-. The fraction of sp³-hybridized carbons (Fsp3) is 0.400. The highest BCUT2D eigenvalue weighted by atomic mass is 16.3. The molecule has 0 atom stereocenters. The molecule has 1 aliphatic heterocycles. The number of amides is 1. The normalized spacial score (nSPS) is 22.7. The minimum absolute atomic E-state index is 0.220. The summed E-state index contributed by atoms with van der Waals surface area (Å²) in [4.78, 5) is 12.9. The number of rotatable bonds is 4. The smallest absolute Gasteiger partial charge is 0.301 e. The number of para-hydroxylation sites is 1. The number of benzene rings is 2. The number of carbonyl (C=O) groups excluding carboxylic acids is 1. The molecular weight excluding hydrogens is 388 g/mol. The molecule has 162 valence electrons. The van der Waals surface area contributed by atoms with Gasteiger partial charge in [0.1, 0.15) is 5.75 Å². The number of nitrogens with zero attached hydrogens (tertiary/aromatic N) is 3. The number of nitrogens with one attached hydrogen (secondary N) is 1. The van der Waals surface area contributed by atoms with Gasteiger partial charge >= 0.3 is 5.91 Å². The molecule has 1 aliphatic carbocycles. The van der Waals surface area contributed by atoms with Crippen LogP contribution in [0.25, 0.3) is 0 Å². The van der Waals surface area contributed by atoms with E-state index in [1.54, 1.807) is 13.0 Å². The van der Waals surface area contributed by atoms with E-state index in [-0.39, 0.29) is 17.4 Å². The molecule has 6 heteroatoms. The Labute approximate surface area is 183 Å². The van der Waals surface area contributed by atoms with Gasteiger partial charge in [0.25, 0.3) is 0 Å². The Bertz CT molecular complexity index is 1070. The Morgan fingerprint density at radius 3 is 2.52 bits per heavy atom. The molecule has 0 unspecified atom stereocenters. The minimum atomic E-state index is -0.287. The van der Waals surface area contributed by atoms with E-state index in [4.69, 9.17) is 0 Å². The summed E-state index contributed by atoms with van der Waals surface area (Å²) in [6.45, 7) is 8.09. The highest BCUT2D eigenvalue weighted by Crippen LogP contribution is 2.41. The first-order chi connectivity index (χ1) is 14.8. The van der Waals surface area contributed by atoms with Crippen LogP contribution >= 0.6 is 0 Å². The zero-order valence-corrected chi connectivity index (χ0v) is 18.6. The largest absolute Gasteiger partial charge is 0.505 e. The van der Waals surface area contributed by atoms with Crippen LogP contribution in [0.15, 0.2) is 46.6 Å². The first-order valence-corrected chi connectivity index (χ1v) is 11.0. The molecule has 6 nitrogen and oxygen atoms in total. The van der Waals surface area contributed by atoms with E-state index in [0.29, 0.717) is 23.0 Å². The summed E-state index contributed by atoms with van der Waals surface area (Å²) >= 11 is 0. The van der Waals surface area contributed by atoms with Crippen LogP contribution < -0.4 is 10.4 Å². The van der Waals surface area contributed by atoms with Crippen LogP contribution in [0.4, 0.5) is 11.4 Å². The van der Waals surface area contributed by atoms with Gasteiger partial charge in [-0.2, -0.15) is 15.2 Å². The predicted octanol–water partition coefficient (Wildman–Crippen LogP) is 5.49. The van der Waals surface area contributed by atoms with Gasteiger partial charge in [-0.3, -0.25) is 10.2 Å². The molecule has 0 aromatic heterocycles. The van der Waals surface area contributed by atoms with Crippen LogP contribution in [-0.4, -0.2) is 22.4 Å². The molecule has 31 heavy (non-hydrogen) atoms. The van der Waals surface area contributed by atoms with Crippen molar-refractivity contribution in [1.82, 2.24) is 0 Å². The van der Waals surface area contributed by atoms with Gasteiger partial charge in [-0.05, 0) is 80.3 Å². The number of carbonyl (C=O) groups is 1. The van der Waals surface area contributed by atoms with Gasteiger partial charge < -0.3 is 5.11 Å². The molecule has 2 aromatic rings. The molecule has 0 radical (unpaired) electrons. The summed E-state index contributed by atoms with van der Waals surface area (Å²) in [5.41, 5.74) is 8.13. The molecule has 0 bridgehead atoms. The van der Waals surface area contributed by atoms with Crippen LogP contribution in [-0.2, 0) is 4.79 Å². The molecule has 1 saturated carbocycles. The van der Waals surface area contributed by atoms with Crippen molar-refractivity contribution in [2.45, 2.75) is 59.3 Å². The Balaban J connectivity index is 1.53. The average molecular weight is 419 g/mol. The van der Waals surface area contributed by atoms with Gasteiger partial charge in [-0.25, -0.2) is 0 Å². The van der Waals surface area contributed by atoms with Crippen LogP contribution in [0.5, 0.6) is 5.75 Å². The Hall–Kier alpha value is -3.15. The lowest BCUT2D eigenvalue weighted by atomic mass is 9.79. The van der Waals surface area contributed by atoms with Crippen molar-refractivity contribution in [2.75, 3.05) is 10.4 Å². The monoisotopic (exact) mass is 418 g/mol. The lowest BCUT2D eigenvalue weighted by Gasteiger charge is -2.27. The molecule has 0 saturated heterocycles. The summed E-state index contributed by atoms with van der Waals surface area (Å²) in [7, 11) is 0. The maximum absolute atomic E-state index is 12.9. The zero-order valence-electron chi connectivity index (χ0n) is 18.6. The molecule has 4 rings (SSSR count). The van der Waals surface area contributed by atoms with Crippen LogP contribution in [0, 0.1) is 19.8 Å². The van der Waals surface area contributed by atoms with Gasteiger partial charge in [-0.15, -0.1) is 0 Å². The third kappa shape index (κ3) is 4.20. The summed E-state index contributed by atoms with van der Waals surface area (Å²) in [5, 5.41) is 20.9. The number of anilines is 2. The molecule has 1 fully saturated rings. The van der Waals surface area contributed by atoms with Gasteiger partial charge in [0, 0.05) is 0 Å². The second-order valence-electron chi connectivity index (χ2n) is 8.84. The topological polar surface area (TPSA) is 77.3 Å². The second-order valence-corrected chi connectivity index (χ2v) is 8.84. The van der Waals surface area contributed by atoms with E-state index in [1.807, 2.05) is 44.2 Å². The van der Waals surface area contributed by atoms with E-state index in [9.17, 15) is 9.90 Å². The summed E-state index contributed by atoms with van der Waals surface area (Å²) in [6.07, 6.45) is 4.54. The highest BCUT2D eigenvalue weighted by Gasteiger charge is 2.31. The molecule has 1 amide bonds. The lowest BCUT2D eigenvalue weighted by Crippen LogP contribution is -2.28. The number of hydrogen-bond donors (Lipinski definition) is 2.